The number of benzene rings is 2. The average molecular weight is 471 g/mol. The number of fused-ring (bicyclic) bond motifs is 1. The number of sulfonamides is 1. The molecule has 2 aliphatic rings. The van der Waals surface area contributed by atoms with Gasteiger partial charge in [0.05, 0.1) is 30.1 Å². The summed E-state index contributed by atoms with van der Waals surface area (Å²) in [5.41, 5.74) is 1.80. The van der Waals surface area contributed by atoms with Crippen molar-refractivity contribution in [2.45, 2.75) is 43.2 Å². The topological polar surface area (TPSA) is 77.9 Å². The fourth-order valence-corrected chi connectivity index (χ4v) is 6.01. The van der Waals surface area contributed by atoms with Gasteiger partial charge in [-0.1, -0.05) is 43.9 Å². The molecular weight excluding hydrogens is 443 g/mol. The van der Waals surface area contributed by atoms with Crippen LogP contribution in [0.2, 0.25) is 0 Å². The SMILES string of the molecule is CC(C)CC#Cc1ccc([C@H]2[C@@H](CO)N3C(=O)CN(S(=O)(=O)c4cccc(F)c4)C[C@@H]23)cc1. The highest BCUT2D eigenvalue weighted by molar-refractivity contribution is 7.89. The van der Waals surface area contributed by atoms with Gasteiger partial charge >= 0.3 is 0 Å². The zero-order chi connectivity index (χ0) is 23.8. The fraction of sp³-hybridized carbons (Fsp3) is 0.400. The molecule has 2 heterocycles. The Morgan fingerprint density at radius 2 is 1.91 bits per heavy atom. The first-order valence-corrected chi connectivity index (χ1v) is 12.4. The lowest BCUT2D eigenvalue weighted by Crippen LogP contribution is -2.73. The second-order valence-corrected chi connectivity index (χ2v) is 10.9. The van der Waals surface area contributed by atoms with Gasteiger partial charge in [-0.25, -0.2) is 12.8 Å². The summed E-state index contributed by atoms with van der Waals surface area (Å²) in [6.45, 7) is 3.76. The summed E-state index contributed by atoms with van der Waals surface area (Å²) in [4.78, 5) is 14.2. The van der Waals surface area contributed by atoms with E-state index >= 15 is 0 Å². The molecule has 0 bridgehead atoms. The van der Waals surface area contributed by atoms with E-state index in [0.29, 0.717) is 5.92 Å². The first-order chi connectivity index (χ1) is 15.7. The second kappa shape index (κ2) is 9.26. The number of halogens is 1. The number of amides is 1. The van der Waals surface area contributed by atoms with Crippen molar-refractivity contribution in [1.82, 2.24) is 9.21 Å². The highest BCUT2D eigenvalue weighted by Crippen LogP contribution is 2.43. The molecular formula is C25H27FN2O4S. The van der Waals surface area contributed by atoms with Crippen LogP contribution in [0.4, 0.5) is 4.39 Å². The minimum Gasteiger partial charge on any atom is -0.394 e. The first-order valence-electron chi connectivity index (χ1n) is 11.0. The van der Waals surface area contributed by atoms with Gasteiger partial charge in [0, 0.05) is 24.4 Å². The van der Waals surface area contributed by atoms with Crippen LogP contribution in [0.25, 0.3) is 0 Å². The van der Waals surface area contributed by atoms with Crippen LogP contribution in [0.15, 0.2) is 53.4 Å². The van der Waals surface area contributed by atoms with Crippen molar-refractivity contribution in [3.05, 3.63) is 65.5 Å². The molecule has 0 unspecified atom stereocenters. The number of rotatable bonds is 5. The van der Waals surface area contributed by atoms with E-state index in [1.165, 1.54) is 18.2 Å². The summed E-state index contributed by atoms with van der Waals surface area (Å²) in [7, 11) is -4.03. The summed E-state index contributed by atoms with van der Waals surface area (Å²) in [6.07, 6.45) is 0.811. The van der Waals surface area contributed by atoms with Gasteiger partial charge in [-0.2, -0.15) is 4.31 Å². The van der Waals surface area contributed by atoms with Gasteiger partial charge in [0.15, 0.2) is 0 Å². The van der Waals surface area contributed by atoms with Crippen molar-refractivity contribution in [2.24, 2.45) is 5.92 Å². The Hall–Kier alpha value is -2.73. The Kier molecular flexibility index (Phi) is 6.57. The zero-order valence-electron chi connectivity index (χ0n) is 18.6. The lowest BCUT2D eigenvalue weighted by molar-refractivity contribution is -0.158. The van der Waals surface area contributed by atoms with Gasteiger partial charge in [0.1, 0.15) is 5.82 Å². The smallest absolute Gasteiger partial charge is 0.243 e. The van der Waals surface area contributed by atoms with Gasteiger partial charge in [-0.05, 0) is 41.8 Å². The third kappa shape index (κ3) is 4.54. The van der Waals surface area contributed by atoms with Gasteiger partial charge in [-0.15, -0.1) is 0 Å². The summed E-state index contributed by atoms with van der Waals surface area (Å²) in [5.74, 6) is 5.56. The average Bonchev–Trinajstić information content (AvgIpc) is 2.76. The van der Waals surface area contributed by atoms with Gasteiger partial charge < -0.3 is 10.0 Å². The van der Waals surface area contributed by atoms with Crippen LogP contribution in [0, 0.1) is 23.6 Å². The molecule has 3 atom stereocenters. The number of piperazine rings is 1. The van der Waals surface area contributed by atoms with E-state index in [4.69, 9.17) is 0 Å². The maximum absolute atomic E-state index is 13.6. The molecule has 0 aromatic heterocycles. The predicted molar refractivity (Wildman–Crippen MR) is 122 cm³/mol. The van der Waals surface area contributed by atoms with Crippen molar-refractivity contribution in [3.8, 4) is 11.8 Å². The normalized spacial score (nSPS) is 23.0. The van der Waals surface area contributed by atoms with Gasteiger partial charge in [0.2, 0.25) is 15.9 Å². The molecule has 1 amide bonds. The highest BCUT2D eigenvalue weighted by Gasteiger charge is 2.55. The Balaban J connectivity index is 1.57. The molecule has 4 rings (SSSR count). The summed E-state index contributed by atoms with van der Waals surface area (Å²) in [6, 6.07) is 11.7. The molecule has 33 heavy (non-hydrogen) atoms. The molecule has 1 N–H and O–H groups in total. The standard InChI is InChI=1S/C25H27FN2O4S/c1-17(2)5-3-6-18-9-11-19(12-10-18)25-22-14-27(15-24(30)28(22)23(25)16-29)33(31,32)21-8-4-7-20(26)13-21/h4,7-13,17,22-23,25,29H,5,14-16H2,1-2H3/t22-,23+,25+/m0/s1. The van der Waals surface area contributed by atoms with E-state index in [2.05, 4.69) is 25.7 Å². The third-order valence-corrected chi connectivity index (χ3v) is 8.00. The monoisotopic (exact) mass is 470 g/mol. The quantitative estimate of drug-likeness (QED) is 0.682. The number of nitrogens with zero attached hydrogens (tertiary/aromatic N) is 2. The van der Waals surface area contributed by atoms with E-state index in [0.717, 1.165) is 27.9 Å². The zero-order valence-corrected chi connectivity index (χ0v) is 19.4. The molecule has 0 aliphatic carbocycles. The molecule has 2 aliphatic heterocycles. The van der Waals surface area contributed by atoms with Crippen LogP contribution in [0.3, 0.4) is 0 Å². The minimum atomic E-state index is -4.03. The molecule has 2 fully saturated rings. The maximum atomic E-state index is 13.6. The number of carbonyl (C=O) groups is 1. The second-order valence-electron chi connectivity index (χ2n) is 8.92. The molecule has 0 saturated carbocycles. The van der Waals surface area contributed by atoms with Crippen molar-refractivity contribution in [1.29, 1.82) is 0 Å². The first kappa shape index (κ1) is 23.4. The van der Waals surface area contributed by atoms with Crippen LogP contribution in [-0.4, -0.2) is 60.4 Å². The number of aliphatic hydroxyl groups excluding tert-OH is 1. The Labute approximate surface area is 194 Å². The van der Waals surface area contributed by atoms with E-state index in [1.54, 1.807) is 4.90 Å². The van der Waals surface area contributed by atoms with Crippen LogP contribution in [0.5, 0.6) is 0 Å². The van der Waals surface area contributed by atoms with Crippen molar-refractivity contribution in [2.75, 3.05) is 19.7 Å². The van der Waals surface area contributed by atoms with Crippen LogP contribution < -0.4 is 0 Å². The molecule has 0 spiro atoms. The Morgan fingerprint density at radius 1 is 1.18 bits per heavy atom. The van der Waals surface area contributed by atoms with E-state index in [-0.39, 0.29) is 36.4 Å². The van der Waals surface area contributed by atoms with Crippen LogP contribution in [0.1, 0.15) is 37.3 Å². The van der Waals surface area contributed by atoms with Crippen molar-refractivity contribution in [3.63, 3.8) is 0 Å². The summed E-state index contributed by atoms with van der Waals surface area (Å²) >= 11 is 0. The minimum absolute atomic E-state index is 0.0850. The number of hydrogen-bond acceptors (Lipinski definition) is 4. The van der Waals surface area contributed by atoms with E-state index in [9.17, 15) is 22.7 Å². The van der Waals surface area contributed by atoms with Crippen LogP contribution >= 0.6 is 0 Å². The molecule has 2 aromatic carbocycles. The highest BCUT2D eigenvalue weighted by atomic mass is 32.2. The molecule has 8 heteroatoms. The molecule has 174 valence electrons. The number of aliphatic hydroxyl groups is 1. The van der Waals surface area contributed by atoms with Gasteiger partial charge in [0.25, 0.3) is 0 Å². The molecule has 6 nitrogen and oxygen atoms in total. The van der Waals surface area contributed by atoms with Crippen molar-refractivity contribution < 1.29 is 22.7 Å². The lowest BCUT2D eigenvalue weighted by atomic mass is 9.74. The van der Waals surface area contributed by atoms with Gasteiger partial charge in [-0.3, -0.25) is 4.79 Å². The predicted octanol–water partition coefficient (Wildman–Crippen LogP) is 2.58. The van der Waals surface area contributed by atoms with Crippen LogP contribution in [-0.2, 0) is 14.8 Å². The molecule has 0 radical (unpaired) electrons. The third-order valence-electron chi connectivity index (χ3n) is 6.19. The Morgan fingerprint density at radius 3 is 2.55 bits per heavy atom. The molecule has 2 saturated heterocycles. The van der Waals surface area contributed by atoms with E-state index in [1.807, 2.05) is 24.3 Å². The number of carbonyl (C=O) groups excluding carboxylic acids is 1. The fourth-order valence-electron chi connectivity index (χ4n) is 4.58. The van der Waals surface area contributed by atoms with E-state index < -0.39 is 27.9 Å². The lowest BCUT2D eigenvalue weighted by Gasteiger charge is -2.58. The summed E-state index contributed by atoms with van der Waals surface area (Å²) < 4.78 is 40.9. The number of hydrogen-bond donors (Lipinski definition) is 1. The Bertz CT molecular complexity index is 1200. The maximum Gasteiger partial charge on any atom is 0.243 e. The van der Waals surface area contributed by atoms with Crippen molar-refractivity contribution >= 4 is 15.9 Å². The molecule has 2 aromatic rings. The largest absolute Gasteiger partial charge is 0.394 e. The summed E-state index contributed by atoms with van der Waals surface area (Å²) in [5, 5.41) is 9.94.